The van der Waals surface area contributed by atoms with Crippen molar-refractivity contribution in [3.05, 3.63) is 104 Å². The Balaban J connectivity index is 1.63. The second kappa shape index (κ2) is 10.3. The molecule has 0 fully saturated rings. The van der Waals surface area contributed by atoms with E-state index >= 15 is 0 Å². The van der Waals surface area contributed by atoms with Gasteiger partial charge in [0, 0.05) is 14.4 Å². The highest BCUT2D eigenvalue weighted by molar-refractivity contribution is 9.10. The lowest BCUT2D eigenvalue weighted by atomic mass is 9.75. The summed E-state index contributed by atoms with van der Waals surface area (Å²) in [6, 6.07) is 27.6. The molecular weight excluding hydrogens is 568 g/mol. The third-order valence-corrected chi connectivity index (χ3v) is 9.03. The van der Waals surface area contributed by atoms with Gasteiger partial charge in [-0.2, -0.15) is 0 Å². The zero-order chi connectivity index (χ0) is 25.4. The lowest BCUT2D eigenvalue weighted by Crippen LogP contribution is -2.21. The van der Waals surface area contributed by atoms with Crippen LogP contribution in [0.2, 0.25) is 0 Å². The van der Waals surface area contributed by atoms with Crippen molar-refractivity contribution in [2.45, 2.75) is 65.2 Å². The van der Waals surface area contributed by atoms with E-state index in [0.717, 1.165) is 8.95 Å². The summed E-state index contributed by atoms with van der Waals surface area (Å²) < 4.78 is 2.27. The summed E-state index contributed by atoms with van der Waals surface area (Å²) in [6.07, 6.45) is 6.31. The molecule has 0 N–H and O–H groups in total. The molecule has 0 spiro atoms. The molecule has 0 saturated heterocycles. The number of benzene rings is 4. The largest absolute Gasteiger partial charge is 0.0654 e. The Morgan fingerprint density at radius 1 is 0.583 bits per heavy atom. The van der Waals surface area contributed by atoms with Crippen molar-refractivity contribution in [3.63, 3.8) is 0 Å². The van der Waals surface area contributed by atoms with Crippen LogP contribution in [0.1, 0.15) is 68.2 Å². The van der Waals surface area contributed by atoms with E-state index in [1.165, 1.54) is 87.7 Å². The van der Waals surface area contributed by atoms with Gasteiger partial charge >= 0.3 is 0 Å². The average molecular weight is 602 g/mol. The molecule has 2 heteroatoms. The predicted octanol–water partition coefficient (Wildman–Crippen LogP) is 11.4. The number of hydrogen-bond donors (Lipinski definition) is 0. The topological polar surface area (TPSA) is 0 Å². The maximum absolute atomic E-state index is 3.63. The van der Waals surface area contributed by atoms with E-state index in [0.29, 0.717) is 0 Å². The van der Waals surface area contributed by atoms with Gasteiger partial charge in [0.25, 0.3) is 0 Å². The van der Waals surface area contributed by atoms with E-state index in [9.17, 15) is 0 Å². The van der Waals surface area contributed by atoms with Crippen LogP contribution >= 0.6 is 31.9 Å². The van der Waals surface area contributed by atoms with Crippen molar-refractivity contribution in [1.29, 1.82) is 0 Å². The SMILES string of the molecule is CCCCCCC1(C)c2cc(-c3ccc(Br)cc3C)ccc2-c2ccc(-c3ccc(Br)cc3C)cc21. The molecule has 36 heavy (non-hydrogen) atoms. The molecule has 1 aliphatic carbocycles. The molecule has 184 valence electrons. The van der Waals surface area contributed by atoms with Crippen LogP contribution in [0.5, 0.6) is 0 Å². The highest BCUT2D eigenvalue weighted by Gasteiger charge is 2.39. The molecule has 0 nitrogen and oxygen atoms in total. The summed E-state index contributed by atoms with van der Waals surface area (Å²) in [5, 5.41) is 0. The summed E-state index contributed by atoms with van der Waals surface area (Å²) in [7, 11) is 0. The first-order valence-corrected chi connectivity index (χ1v) is 14.7. The second-order valence-corrected chi connectivity index (χ2v) is 12.4. The van der Waals surface area contributed by atoms with Crippen molar-refractivity contribution >= 4 is 31.9 Å². The van der Waals surface area contributed by atoms with Gasteiger partial charge in [-0.15, -0.1) is 0 Å². The van der Waals surface area contributed by atoms with Crippen LogP contribution < -0.4 is 0 Å². The van der Waals surface area contributed by atoms with Crippen LogP contribution in [-0.4, -0.2) is 0 Å². The zero-order valence-corrected chi connectivity index (χ0v) is 24.9. The van der Waals surface area contributed by atoms with Crippen molar-refractivity contribution < 1.29 is 0 Å². The number of fused-ring (bicyclic) bond motifs is 3. The molecular formula is C34H34Br2. The molecule has 0 saturated carbocycles. The minimum atomic E-state index is 0.0109. The number of halogens is 2. The highest BCUT2D eigenvalue weighted by atomic mass is 79.9. The molecule has 4 aromatic rings. The minimum Gasteiger partial charge on any atom is -0.0654 e. The predicted molar refractivity (Wildman–Crippen MR) is 163 cm³/mol. The van der Waals surface area contributed by atoms with Gasteiger partial charge in [0.1, 0.15) is 0 Å². The van der Waals surface area contributed by atoms with E-state index < -0.39 is 0 Å². The van der Waals surface area contributed by atoms with Gasteiger partial charge in [0.05, 0.1) is 0 Å². The van der Waals surface area contributed by atoms with Gasteiger partial charge in [0.15, 0.2) is 0 Å². The molecule has 1 aliphatic rings. The molecule has 0 radical (unpaired) electrons. The fourth-order valence-corrected chi connectivity index (χ4v) is 6.98. The van der Waals surface area contributed by atoms with E-state index in [4.69, 9.17) is 0 Å². The number of aryl methyl sites for hydroxylation is 2. The van der Waals surface area contributed by atoms with Gasteiger partial charge in [-0.1, -0.05) is 108 Å². The Morgan fingerprint density at radius 3 is 1.50 bits per heavy atom. The van der Waals surface area contributed by atoms with Crippen LogP contribution in [0, 0.1) is 13.8 Å². The normalized spacial score (nSPS) is 13.5. The number of rotatable bonds is 7. The fourth-order valence-electron chi connectivity index (χ4n) is 6.03. The van der Waals surface area contributed by atoms with Crippen molar-refractivity contribution in [2.75, 3.05) is 0 Å². The standard InChI is InChI=1S/C34H34Br2/c1-5-6-7-8-17-34(4)32-20-24(28-15-11-26(35)18-22(28)2)9-13-30(32)31-14-10-25(21-33(31)34)29-16-12-27(36)19-23(29)3/h9-16,18-21H,5-8,17H2,1-4H3. The van der Waals surface area contributed by atoms with E-state index in [1.54, 1.807) is 0 Å². The Morgan fingerprint density at radius 2 is 1.06 bits per heavy atom. The number of unbranched alkanes of at least 4 members (excludes halogenated alkanes) is 3. The molecule has 0 atom stereocenters. The fraction of sp³-hybridized carbons (Fsp3) is 0.294. The van der Waals surface area contributed by atoms with Gasteiger partial charge in [-0.3, -0.25) is 0 Å². The monoisotopic (exact) mass is 600 g/mol. The first-order chi connectivity index (χ1) is 17.3. The molecule has 4 aromatic carbocycles. The molecule has 5 rings (SSSR count). The Labute approximate surface area is 233 Å². The lowest BCUT2D eigenvalue weighted by Gasteiger charge is -2.28. The van der Waals surface area contributed by atoms with Crippen LogP contribution in [0.4, 0.5) is 0 Å². The maximum Gasteiger partial charge on any atom is 0.0187 e. The lowest BCUT2D eigenvalue weighted by molar-refractivity contribution is 0.487. The van der Waals surface area contributed by atoms with Crippen LogP contribution in [0.15, 0.2) is 81.7 Å². The molecule has 0 aliphatic heterocycles. The summed E-state index contributed by atoms with van der Waals surface area (Å²) in [5.41, 5.74) is 13.7. The summed E-state index contributed by atoms with van der Waals surface area (Å²) >= 11 is 7.26. The Bertz CT molecular complexity index is 1330. The van der Waals surface area contributed by atoms with Crippen LogP contribution in [0.25, 0.3) is 33.4 Å². The van der Waals surface area contributed by atoms with E-state index in [1.807, 2.05) is 0 Å². The Hall–Kier alpha value is -2.16. The third kappa shape index (κ3) is 4.63. The van der Waals surface area contributed by atoms with E-state index in [-0.39, 0.29) is 5.41 Å². The van der Waals surface area contributed by atoms with Crippen LogP contribution in [0.3, 0.4) is 0 Å². The van der Waals surface area contributed by atoms with Gasteiger partial charge in [0.2, 0.25) is 0 Å². The van der Waals surface area contributed by atoms with Crippen molar-refractivity contribution in [3.8, 4) is 33.4 Å². The van der Waals surface area contributed by atoms with Gasteiger partial charge < -0.3 is 0 Å². The molecule has 0 heterocycles. The van der Waals surface area contributed by atoms with Gasteiger partial charge in [-0.05, 0) is 112 Å². The molecule has 0 aromatic heterocycles. The second-order valence-electron chi connectivity index (χ2n) is 10.6. The molecule has 0 unspecified atom stereocenters. The third-order valence-electron chi connectivity index (χ3n) is 8.05. The number of hydrogen-bond acceptors (Lipinski definition) is 0. The molecule has 0 amide bonds. The summed E-state index contributed by atoms with van der Waals surface area (Å²) in [4.78, 5) is 0. The molecule has 0 bridgehead atoms. The first kappa shape index (κ1) is 25.5. The quantitative estimate of drug-likeness (QED) is 0.185. The smallest absolute Gasteiger partial charge is 0.0187 e. The maximum atomic E-state index is 3.63. The average Bonchev–Trinajstić information content (AvgIpc) is 3.09. The van der Waals surface area contributed by atoms with Crippen LogP contribution in [-0.2, 0) is 5.41 Å². The highest BCUT2D eigenvalue weighted by Crippen LogP contribution is 2.53. The van der Waals surface area contributed by atoms with E-state index in [2.05, 4.69) is 132 Å². The van der Waals surface area contributed by atoms with Crippen molar-refractivity contribution in [2.24, 2.45) is 0 Å². The summed E-state index contributed by atoms with van der Waals surface area (Å²) in [5.74, 6) is 0. The minimum absolute atomic E-state index is 0.0109. The Kier molecular flexibility index (Phi) is 7.30. The first-order valence-electron chi connectivity index (χ1n) is 13.1. The zero-order valence-electron chi connectivity index (χ0n) is 21.7. The van der Waals surface area contributed by atoms with Gasteiger partial charge in [-0.25, -0.2) is 0 Å². The van der Waals surface area contributed by atoms with Crippen molar-refractivity contribution in [1.82, 2.24) is 0 Å². The summed E-state index contributed by atoms with van der Waals surface area (Å²) in [6.45, 7) is 9.19.